The van der Waals surface area contributed by atoms with Crippen molar-refractivity contribution < 1.29 is 19.4 Å². The summed E-state index contributed by atoms with van der Waals surface area (Å²) in [6, 6.07) is 6.33. The monoisotopic (exact) mass is 439 g/mol. The van der Waals surface area contributed by atoms with E-state index in [0.717, 1.165) is 12.8 Å². The van der Waals surface area contributed by atoms with Crippen LogP contribution in [0.15, 0.2) is 47.6 Å². The number of carboxylic acid groups (broad SMARTS) is 1. The fourth-order valence-electron chi connectivity index (χ4n) is 4.76. The minimum atomic E-state index is -1.02. The molecule has 174 valence electrons. The number of carbonyl (C=O) groups excluding carboxylic acids is 1. The SMILES string of the molecule is CCC(C)(C)C1=CCC2(OC2(CC)C(=O)Nc2cccc(C(=O)O)c2)C(C(C)(C)CC)=C1. The first-order valence-electron chi connectivity index (χ1n) is 11.7. The van der Waals surface area contributed by atoms with Gasteiger partial charge in [0.2, 0.25) is 0 Å². The first-order chi connectivity index (χ1) is 14.9. The van der Waals surface area contributed by atoms with Crippen LogP contribution in [0.4, 0.5) is 5.69 Å². The van der Waals surface area contributed by atoms with Crippen LogP contribution in [0.5, 0.6) is 0 Å². The van der Waals surface area contributed by atoms with Gasteiger partial charge in [-0.05, 0) is 59.4 Å². The Morgan fingerprint density at radius 3 is 2.31 bits per heavy atom. The molecule has 1 aliphatic heterocycles. The number of rotatable bonds is 8. The van der Waals surface area contributed by atoms with Crippen molar-refractivity contribution in [1.82, 2.24) is 0 Å². The fourth-order valence-corrected chi connectivity index (χ4v) is 4.76. The van der Waals surface area contributed by atoms with Gasteiger partial charge in [-0.1, -0.05) is 66.7 Å². The number of anilines is 1. The van der Waals surface area contributed by atoms with Crippen LogP contribution in [-0.2, 0) is 9.53 Å². The Balaban J connectivity index is 1.98. The van der Waals surface area contributed by atoms with E-state index in [-0.39, 0.29) is 22.3 Å². The highest BCUT2D eigenvalue weighted by Gasteiger charge is 2.76. The Bertz CT molecular complexity index is 987. The predicted octanol–water partition coefficient (Wildman–Crippen LogP) is 6.37. The Labute approximate surface area is 191 Å². The number of amides is 1. The quantitative estimate of drug-likeness (QED) is 0.461. The van der Waals surface area contributed by atoms with E-state index in [0.29, 0.717) is 18.5 Å². The van der Waals surface area contributed by atoms with Crippen LogP contribution in [-0.4, -0.2) is 28.2 Å². The van der Waals surface area contributed by atoms with Crippen LogP contribution in [0.1, 0.15) is 84.5 Å². The zero-order valence-corrected chi connectivity index (χ0v) is 20.5. The zero-order valence-electron chi connectivity index (χ0n) is 20.5. The minimum Gasteiger partial charge on any atom is -0.478 e. The van der Waals surface area contributed by atoms with Crippen LogP contribution < -0.4 is 5.32 Å². The highest BCUT2D eigenvalue weighted by molar-refractivity contribution is 6.02. The zero-order chi connectivity index (χ0) is 23.9. The third-order valence-corrected chi connectivity index (χ3v) is 7.81. The average molecular weight is 440 g/mol. The molecule has 2 aliphatic rings. The van der Waals surface area contributed by atoms with Gasteiger partial charge in [-0.2, -0.15) is 0 Å². The van der Waals surface area contributed by atoms with Crippen molar-refractivity contribution >= 4 is 17.6 Å². The molecule has 2 N–H and O–H groups in total. The van der Waals surface area contributed by atoms with E-state index >= 15 is 0 Å². The molecule has 1 fully saturated rings. The van der Waals surface area contributed by atoms with Crippen LogP contribution in [0, 0.1) is 10.8 Å². The number of carboxylic acids is 1. The molecule has 5 nitrogen and oxygen atoms in total. The van der Waals surface area contributed by atoms with E-state index in [9.17, 15) is 14.7 Å². The number of nitrogens with one attached hydrogen (secondary N) is 1. The van der Waals surface area contributed by atoms with Gasteiger partial charge in [0.1, 0.15) is 5.60 Å². The predicted molar refractivity (Wildman–Crippen MR) is 128 cm³/mol. The summed E-state index contributed by atoms with van der Waals surface area (Å²) < 4.78 is 6.45. The summed E-state index contributed by atoms with van der Waals surface area (Å²) in [4.78, 5) is 24.9. The maximum atomic E-state index is 13.5. The van der Waals surface area contributed by atoms with Crippen LogP contribution in [0.2, 0.25) is 0 Å². The van der Waals surface area contributed by atoms with Gasteiger partial charge in [-0.3, -0.25) is 4.79 Å². The molecule has 1 heterocycles. The van der Waals surface area contributed by atoms with E-state index in [4.69, 9.17) is 4.74 Å². The number of hydrogen-bond donors (Lipinski definition) is 2. The van der Waals surface area contributed by atoms with Crippen molar-refractivity contribution in [3.05, 3.63) is 53.1 Å². The lowest BCUT2D eigenvalue weighted by atomic mass is 9.64. The normalized spacial score (nSPS) is 25.2. The first kappa shape index (κ1) is 24.2. The largest absolute Gasteiger partial charge is 0.478 e. The molecule has 1 saturated heterocycles. The molecule has 3 rings (SSSR count). The molecule has 0 aromatic heterocycles. The van der Waals surface area contributed by atoms with E-state index in [1.54, 1.807) is 12.1 Å². The summed E-state index contributed by atoms with van der Waals surface area (Å²) in [5.41, 5.74) is 1.39. The molecule has 32 heavy (non-hydrogen) atoms. The van der Waals surface area contributed by atoms with Crippen molar-refractivity contribution in [2.45, 2.75) is 85.4 Å². The van der Waals surface area contributed by atoms with Crippen molar-refractivity contribution in [1.29, 1.82) is 0 Å². The van der Waals surface area contributed by atoms with Crippen LogP contribution in [0.3, 0.4) is 0 Å². The summed E-state index contributed by atoms with van der Waals surface area (Å²) in [5.74, 6) is -1.24. The summed E-state index contributed by atoms with van der Waals surface area (Å²) in [6.07, 6.45) is 7.70. The molecule has 0 saturated carbocycles. The van der Waals surface area contributed by atoms with Crippen molar-refractivity contribution in [3.63, 3.8) is 0 Å². The van der Waals surface area contributed by atoms with E-state index < -0.39 is 17.2 Å². The highest BCUT2D eigenvalue weighted by Crippen LogP contribution is 2.64. The van der Waals surface area contributed by atoms with Crippen LogP contribution in [0.25, 0.3) is 0 Å². The number of benzene rings is 1. The smallest absolute Gasteiger partial charge is 0.335 e. The van der Waals surface area contributed by atoms with E-state index in [2.05, 4.69) is 59.0 Å². The lowest BCUT2D eigenvalue weighted by Gasteiger charge is -2.38. The second kappa shape index (κ2) is 8.18. The van der Waals surface area contributed by atoms with Crippen LogP contribution >= 0.6 is 0 Å². The molecule has 2 atom stereocenters. The lowest BCUT2D eigenvalue weighted by Crippen LogP contribution is -2.43. The summed E-state index contributed by atoms with van der Waals surface area (Å²) in [7, 11) is 0. The number of aromatic carboxylic acids is 1. The Kier molecular flexibility index (Phi) is 6.20. The second-order valence-corrected chi connectivity index (χ2v) is 10.3. The number of ether oxygens (including phenoxy) is 1. The third-order valence-electron chi connectivity index (χ3n) is 7.81. The maximum absolute atomic E-state index is 13.5. The molecule has 1 spiro atoms. The van der Waals surface area contributed by atoms with E-state index in [1.165, 1.54) is 23.3 Å². The number of hydrogen-bond acceptors (Lipinski definition) is 3. The molecular formula is C27H37NO4. The third kappa shape index (κ3) is 3.81. The molecule has 1 aliphatic carbocycles. The van der Waals surface area contributed by atoms with E-state index in [1.807, 2.05) is 6.92 Å². The second-order valence-electron chi connectivity index (χ2n) is 10.3. The molecule has 2 unspecified atom stereocenters. The molecule has 0 radical (unpaired) electrons. The van der Waals surface area contributed by atoms with Gasteiger partial charge >= 0.3 is 5.97 Å². The first-order valence-corrected chi connectivity index (χ1v) is 11.7. The number of epoxide rings is 1. The summed E-state index contributed by atoms with van der Waals surface area (Å²) in [6.45, 7) is 15.3. The van der Waals surface area contributed by atoms with Gasteiger partial charge in [-0.25, -0.2) is 4.79 Å². The van der Waals surface area contributed by atoms with Gasteiger partial charge in [0.25, 0.3) is 5.91 Å². The number of carbonyl (C=O) groups is 2. The topological polar surface area (TPSA) is 78.9 Å². The van der Waals surface area contributed by atoms with Crippen molar-refractivity contribution in [2.75, 3.05) is 5.32 Å². The van der Waals surface area contributed by atoms with Gasteiger partial charge in [-0.15, -0.1) is 0 Å². The Morgan fingerprint density at radius 1 is 1.09 bits per heavy atom. The fraction of sp³-hybridized carbons (Fsp3) is 0.556. The lowest BCUT2D eigenvalue weighted by molar-refractivity contribution is -0.121. The van der Waals surface area contributed by atoms with Gasteiger partial charge < -0.3 is 15.2 Å². The molecule has 1 amide bonds. The van der Waals surface area contributed by atoms with Gasteiger partial charge in [0.15, 0.2) is 5.60 Å². The number of allylic oxidation sites excluding steroid dienone is 2. The minimum absolute atomic E-state index is 0.0555. The molecule has 5 heteroatoms. The average Bonchev–Trinajstić information content (AvgIpc) is 3.42. The van der Waals surface area contributed by atoms with Crippen molar-refractivity contribution in [3.8, 4) is 0 Å². The molecule has 1 aromatic rings. The van der Waals surface area contributed by atoms with Crippen molar-refractivity contribution in [2.24, 2.45) is 10.8 Å². The standard InChI is InChI=1S/C27H37NO4/c1-8-24(4,5)19-14-15-27(21(17-19)25(6,7)9-2)26(10-3,32-27)23(31)28-20-13-11-12-18(16-20)22(29)30/h11-14,16-17H,8-10,15H2,1-7H3,(H,28,31)(H,29,30). The van der Waals surface area contributed by atoms with Gasteiger partial charge in [0.05, 0.1) is 5.56 Å². The Morgan fingerprint density at radius 2 is 1.75 bits per heavy atom. The van der Waals surface area contributed by atoms with Gasteiger partial charge in [0, 0.05) is 12.1 Å². The molecular weight excluding hydrogens is 402 g/mol. The maximum Gasteiger partial charge on any atom is 0.335 e. The summed E-state index contributed by atoms with van der Waals surface area (Å²) in [5, 5.41) is 12.2. The highest BCUT2D eigenvalue weighted by atomic mass is 16.6. The Hall–Kier alpha value is -2.40. The molecule has 1 aromatic carbocycles. The summed E-state index contributed by atoms with van der Waals surface area (Å²) >= 11 is 0. The molecule has 0 bridgehead atoms.